The van der Waals surface area contributed by atoms with Crippen LogP contribution in [0.5, 0.6) is 0 Å². The number of carbonyl (C=O) groups excluding carboxylic acids is 1. The van der Waals surface area contributed by atoms with Gasteiger partial charge in [-0.3, -0.25) is 4.79 Å². The van der Waals surface area contributed by atoms with Crippen molar-refractivity contribution in [3.05, 3.63) is 65.7 Å². The minimum absolute atomic E-state index is 0.0868. The van der Waals surface area contributed by atoms with Crippen molar-refractivity contribution in [2.24, 2.45) is 0 Å². The van der Waals surface area contributed by atoms with Crippen LogP contribution in [0.3, 0.4) is 0 Å². The monoisotopic (exact) mass is 308 g/mol. The van der Waals surface area contributed by atoms with E-state index in [4.69, 9.17) is 0 Å². The Bertz CT molecular complexity index is 654. The molecular formula is C20H24N2O. The fourth-order valence-corrected chi connectivity index (χ4v) is 3.30. The molecule has 0 saturated carbocycles. The van der Waals surface area contributed by atoms with E-state index in [0.717, 1.165) is 25.8 Å². The predicted molar refractivity (Wildman–Crippen MR) is 94.6 cm³/mol. The van der Waals surface area contributed by atoms with Gasteiger partial charge in [0, 0.05) is 12.2 Å². The number of nitrogens with zero attached hydrogens (tertiary/aromatic N) is 1. The van der Waals surface area contributed by atoms with Gasteiger partial charge in [0.2, 0.25) is 5.91 Å². The first kappa shape index (κ1) is 15.6. The Hall–Kier alpha value is -2.29. The van der Waals surface area contributed by atoms with E-state index in [2.05, 4.69) is 47.5 Å². The Balaban J connectivity index is 1.66. The number of para-hydroxylation sites is 1. The number of aryl methyl sites for hydroxylation is 1. The molecule has 23 heavy (non-hydrogen) atoms. The maximum absolute atomic E-state index is 12.5. The van der Waals surface area contributed by atoms with Crippen LogP contribution in [0.25, 0.3) is 0 Å². The van der Waals surface area contributed by atoms with E-state index < -0.39 is 0 Å². The number of hydrogen-bond acceptors (Lipinski definition) is 2. The lowest BCUT2D eigenvalue weighted by molar-refractivity contribution is -0.120. The summed E-state index contributed by atoms with van der Waals surface area (Å²) in [6.45, 7) is 3.49. The molecule has 1 N–H and O–H groups in total. The molecule has 3 rings (SSSR count). The summed E-state index contributed by atoms with van der Waals surface area (Å²) in [4.78, 5) is 14.7. The van der Waals surface area contributed by atoms with Crippen LogP contribution < -0.4 is 10.2 Å². The summed E-state index contributed by atoms with van der Waals surface area (Å²) >= 11 is 0. The summed E-state index contributed by atoms with van der Waals surface area (Å²) < 4.78 is 0. The van der Waals surface area contributed by atoms with E-state index >= 15 is 0 Å². The highest BCUT2D eigenvalue weighted by atomic mass is 16.2. The van der Waals surface area contributed by atoms with Gasteiger partial charge in [-0.1, -0.05) is 55.5 Å². The highest BCUT2D eigenvalue weighted by molar-refractivity contribution is 5.82. The fourth-order valence-electron chi connectivity index (χ4n) is 3.30. The van der Waals surface area contributed by atoms with Gasteiger partial charge in [-0.2, -0.15) is 0 Å². The maximum atomic E-state index is 12.5. The van der Waals surface area contributed by atoms with Gasteiger partial charge in [-0.15, -0.1) is 0 Å². The molecule has 1 heterocycles. The van der Waals surface area contributed by atoms with Crippen molar-refractivity contribution in [3.8, 4) is 0 Å². The van der Waals surface area contributed by atoms with Gasteiger partial charge in [0.25, 0.3) is 0 Å². The number of anilines is 1. The molecule has 1 aliphatic heterocycles. The van der Waals surface area contributed by atoms with Gasteiger partial charge in [-0.25, -0.2) is 0 Å². The SMILES string of the molecule is CCC(NC(=O)CN1CCCc2ccccc21)c1ccccc1. The van der Waals surface area contributed by atoms with Crippen LogP contribution in [0.2, 0.25) is 0 Å². The molecule has 1 unspecified atom stereocenters. The number of amides is 1. The molecule has 2 aromatic rings. The van der Waals surface area contributed by atoms with Crippen LogP contribution in [0.1, 0.15) is 36.9 Å². The molecule has 0 saturated heterocycles. The molecule has 0 spiro atoms. The first-order valence-corrected chi connectivity index (χ1v) is 8.45. The third kappa shape index (κ3) is 3.73. The van der Waals surface area contributed by atoms with Crippen molar-refractivity contribution < 1.29 is 4.79 Å². The quantitative estimate of drug-likeness (QED) is 0.913. The van der Waals surface area contributed by atoms with Gasteiger partial charge in [-0.05, 0) is 36.5 Å². The first-order chi connectivity index (χ1) is 11.3. The first-order valence-electron chi connectivity index (χ1n) is 8.45. The summed E-state index contributed by atoms with van der Waals surface area (Å²) in [5.74, 6) is 0.0948. The van der Waals surface area contributed by atoms with Crippen molar-refractivity contribution in [3.63, 3.8) is 0 Å². The molecule has 1 aliphatic rings. The van der Waals surface area contributed by atoms with Gasteiger partial charge in [0.05, 0.1) is 12.6 Å². The Kier molecular flexibility index (Phi) is 4.96. The Morgan fingerprint density at radius 1 is 1.13 bits per heavy atom. The largest absolute Gasteiger partial charge is 0.362 e. The maximum Gasteiger partial charge on any atom is 0.240 e. The third-order valence-corrected chi connectivity index (χ3v) is 4.49. The molecule has 3 nitrogen and oxygen atoms in total. The highest BCUT2D eigenvalue weighted by Gasteiger charge is 2.20. The van der Waals surface area contributed by atoms with E-state index in [0.29, 0.717) is 6.54 Å². The van der Waals surface area contributed by atoms with Crippen LogP contribution in [0.15, 0.2) is 54.6 Å². The van der Waals surface area contributed by atoms with Gasteiger partial charge in [0.1, 0.15) is 0 Å². The van der Waals surface area contributed by atoms with Crippen molar-refractivity contribution in [2.75, 3.05) is 18.0 Å². The molecule has 0 aliphatic carbocycles. The zero-order chi connectivity index (χ0) is 16.1. The highest BCUT2D eigenvalue weighted by Crippen LogP contribution is 2.26. The van der Waals surface area contributed by atoms with Crippen molar-refractivity contribution >= 4 is 11.6 Å². The summed E-state index contributed by atoms with van der Waals surface area (Å²) in [5.41, 5.74) is 3.73. The van der Waals surface area contributed by atoms with Crippen molar-refractivity contribution in [2.45, 2.75) is 32.2 Å². The average molecular weight is 308 g/mol. The zero-order valence-electron chi connectivity index (χ0n) is 13.7. The fraction of sp³-hybridized carbons (Fsp3) is 0.350. The molecule has 3 heteroatoms. The van der Waals surface area contributed by atoms with Crippen LogP contribution >= 0.6 is 0 Å². The van der Waals surface area contributed by atoms with Gasteiger partial charge >= 0.3 is 0 Å². The normalized spacial score (nSPS) is 14.9. The van der Waals surface area contributed by atoms with E-state index in [1.807, 2.05) is 24.3 Å². The van der Waals surface area contributed by atoms with Crippen molar-refractivity contribution in [1.29, 1.82) is 0 Å². The van der Waals surface area contributed by atoms with Crippen LogP contribution in [-0.2, 0) is 11.2 Å². The number of carbonyl (C=O) groups is 1. The summed E-state index contributed by atoms with van der Waals surface area (Å²) in [7, 11) is 0. The number of rotatable bonds is 5. The van der Waals surface area contributed by atoms with Gasteiger partial charge in [0.15, 0.2) is 0 Å². The Morgan fingerprint density at radius 2 is 1.87 bits per heavy atom. The number of fused-ring (bicyclic) bond motifs is 1. The average Bonchev–Trinajstić information content (AvgIpc) is 2.61. The number of hydrogen-bond donors (Lipinski definition) is 1. The molecule has 2 aromatic carbocycles. The standard InChI is InChI=1S/C20H24N2O/c1-2-18(16-9-4-3-5-10-16)21-20(23)15-22-14-8-12-17-11-6-7-13-19(17)22/h3-7,9-11,13,18H,2,8,12,14-15H2,1H3,(H,21,23). The topological polar surface area (TPSA) is 32.3 Å². The third-order valence-electron chi connectivity index (χ3n) is 4.49. The van der Waals surface area contributed by atoms with Crippen LogP contribution in [0.4, 0.5) is 5.69 Å². The second-order valence-electron chi connectivity index (χ2n) is 6.09. The summed E-state index contributed by atoms with van der Waals surface area (Å²) in [6, 6.07) is 18.7. The molecule has 0 bridgehead atoms. The van der Waals surface area contributed by atoms with Crippen LogP contribution in [-0.4, -0.2) is 19.0 Å². The van der Waals surface area contributed by atoms with E-state index in [1.54, 1.807) is 0 Å². The zero-order valence-corrected chi connectivity index (χ0v) is 13.7. The lowest BCUT2D eigenvalue weighted by Crippen LogP contribution is -2.41. The predicted octanol–water partition coefficient (Wildman–Crippen LogP) is 3.71. The Morgan fingerprint density at radius 3 is 2.65 bits per heavy atom. The Labute approximate surface area is 138 Å². The van der Waals surface area contributed by atoms with E-state index in [9.17, 15) is 4.79 Å². The van der Waals surface area contributed by atoms with E-state index in [-0.39, 0.29) is 11.9 Å². The van der Waals surface area contributed by atoms with Crippen LogP contribution in [0, 0.1) is 0 Å². The molecule has 0 aromatic heterocycles. The molecule has 120 valence electrons. The minimum Gasteiger partial charge on any atom is -0.362 e. The van der Waals surface area contributed by atoms with E-state index in [1.165, 1.54) is 16.8 Å². The smallest absolute Gasteiger partial charge is 0.240 e. The molecule has 1 amide bonds. The summed E-state index contributed by atoms with van der Waals surface area (Å²) in [6.07, 6.45) is 3.11. The number of benzene rings is 2. The lowest BCUT2D eigenvalue weighted by Gasteiger charge is -2.31. The second kappa shape index (κ2) is 7.32. The van der Waals surface area contributed by atoms with Gasteiger partial charge < -0.3 is 10.2 Å². The lowest BCUT2D eigenvalue weighted by atomic mass is 10.0. The second-order valence-corrected chi connectivity index (χ2v) is 6.09. The molecular weight excluding hydrogens is 284 g/mol. The summed E-state index contributed by atoms with van der Waals surface area (Å²) in [5, 5.41) is 3.18. The molecule has 0 radical (unpaired) electrons. The minimum atomic E-state index is 0.0868. The molecule has 0 fully saturated rings. The molecule has 1 atom stereocenters. The van der Waals surface area contributed by atoms with Crippen molar-refractivity contribution in [1.82, 2.24) is 5.32 Å². The number of nitrogens with one attached hydrogen (secondary N) is 1.